The fraction of sp³-hybridized carbons (Fsp3) is 0.562. The number of β-amino-alcohol motifs (C(OH)–C–C–N with tert-alkyl or cyclic N) is 1. The summed E-state index contributed by atoms with van der Waals surface area (Å²) in [5.74, 6) is 0.405. The van der Waals surface area contributed by atoms with Crippen molar-refractivity contribution >= 4 is 17.5 Å². The Bertz CT molecular complexity index is 489. The lowest BCUT2D eigenvalue weighted by Gasteiger charge is -2.34. The summed E-state index contributed by atoms with van der Waals surface area (Å²) in [5, 5.41) is 10.6. The molecule has 3 nitrogen and oxygen atoms in total. The lowest BCUT2D eigenvalue weighted by molar-refractivity contribution is -0.135. The van der Waals surface area contributed by atoms with Crippen molar-refractivity contribution in [1.29, 1.82) is 0 Å². The number of halogens is 1. The third-order valence-electron chi connectivity index (χ3n) is 4.14. The standard InChI is InChI=1S/C16H22ClNO2/c1-11-3-4-13(9-14(11)17)5-6-16(20)18-8-7-12(2)15(19)10-18/h3-4,9,12,15,19H,5-8,10H2,1-2H3. The van der Waals surface area contributed by atoms with Crippen LogP contribution in [0.4, 0.5) is 0 Å². The Balaban J connectivity index is 1.87. The maximum absolute atomic E-state index is 12.2. The lowest BCUT2D eigenvalue weighted by atomic mass is 9.95. The van der Waals surface area contributed by atoms with Gasteiger partial charge in [0.15, 0.2) is 0 Å². The third kappa shape index (κ3) is 3.74. The molecule has 1 N–H and O–H groups in total. The van der Waals surface area contributed by atoms with Gasteiger partial charge in [0, 0.05) is 24.5 Å². The van der Waals surface area contributed by atoms with Gasteiger partial charge in [0.2, 0.25) is 5.91 Å². The molecule has 4 heteroatoms. The Morgan fingerprint density at radius 3 is 2.90 bits per heavy atom. The van der Waals surface area contributed by atoms with Gasteiger partial charge in [-0.05, 0) is 42.9 Å². The number of benzene rings is 1. The molecule has 110 valence electrons. The van der Waals surface area contributed by atoms with Crippen LogP contribution in [0.3, 0.4) is 0 Å². The molecule has 0 aromatic heterocycles. The van der Waals surface area contributed by atoms with Gasteiger partial charge in [-0.25, -0.2) is 0 Å². The summed E-state index contributed by atoms with van der Waals surface area (Å²) in [6.45, 7) is 5.22. The van der Waals surface area contributed by atoms with Crippen molar-refractivity contribution in [2.24, 2.45) is 5.92 Å². The molecule has 0 aliphatic carbocycles. The Kier molecular flexibility index (Phi) is 5.06. The number of aryl methyl sites for hydroxylation is 2. The molecule has 1 heterocycles. The van der Waals surface area contributed by atoms with E-state index in [4.69, 9.17) is 11.6 Å². The number of carbonyl (C=O) groups is 1. The van der Waals surface area contributed by atoms with Crippen molar-refractivity contribution in [1.82, 2.24) is 4.90 Å². The first-order valence-corrected chi connectivity index (χ1v) is 7.56. The Hall–Kier alpha value is -1.06. The molecule has 0 bridgehead atoms. The molecular weight excluding hydrogens is 274 g/mol. The number of nitrogens with zero attached hydrogens (tertiary/aromatic N) is 1. The average Bonchev–Trinajstić information content (AvgIpc) is 2.43. The zero-order valence-electron chi connectivity index (χ0n) is 12.1. The number of hydrogen-bond acceptors (Lipinski definition) is 2. The van der Waals surface area contributed by atoms with Gasteiger partial charge in [-0.3, -0.25) is 4.79 Å². The summed E-state index contributed by atoms with van der Waals surface area (Å²) < 4.78 is 0. The first kappa shape index (κ1) is 15.3. The van der Waals surface area contributed by atoms with Crippen molar-refractivity contribution in [3.8, 4) is 0 Å². The number of aliphatic hydroxyl groups is 1. The van der Waals surface area contributed by atoms with E-state index in [0.29, 0.717) is 19.4 Å². The smallest absolute Gasteiger partial charge is 0.222 e. The molecule has 0 spiro atoms. The second-order valence-electron chi connectivity index (χ2n) is 5.76. The zero-order valence-corrected chi connectivity index (χ0v) is 12.9. The van der Waals surface area contributed by atoms with Gasteiger partial charge in [-0.15, -0.1) is 0 Å². The van der Waals surface area contributed by atoms with Crippen LogP contribution in [0.2, 0.25) is 5.02 Å². The molecular formula is C16H22ClNO2. The number of piperidine rings is 1. The Labute approximate surface area is 125 Å². The maximum atomic E-state index is 12.2. The van der Waals surface area contributed by atoms with Crippen molar-refractivity contribution in [3.63, 3.8) is 0 Å². The normalized spacial score (nSPS) is 22.9. The summed E-state index contributed by atoms with van der Waals surface area (Å²) in [7, 11) is 0. The Morgan fingerprint density at radius 1 is 1.50 bits per heavy atom. The van der Waals surface area contributed by atoms with Crippen LogP contribution in [0, 0.1) is 12.8 Å². The van der Waals surface area contributed by atoms with Crippen LogP contribution in [-0.4, -0.2) is 35.1 Å². The number of likely N-dealkylation sites (tertiary alicyclic amines) is 1. The van der Waals surface area contributed by atoms with Crippen LogP contribution >= 0.6 is 11.6 Å². The second kappa shape index (κ2) is 6.59. The maximum Gasteiger partial charge on any atom is 0.222 e. The largest absolute Gasteiger partial charge is 0.391 e. The molecule has 1 aromatic rings. The average molecular weight is 296 g/mol. The van der Waals surface area contributed by atoms with Gasteiger partial charge in [0.1, 0.15) is 0 Å². The van der Waals surface area contributed by atoms with E-state index >= 15 is 0 Å². The van der Waals surface area contributed by atoms with Crippen molar-refractivity contribution < 1.29 is 9.90 Å². The van der Waals surface area contributed by atoms with E-state index in [1.54, 1.807) is 4.90 Å². The number of rotatable bonds is 3. The highest BCUT2D eigenvalue weighted by atomic mass is 35.5. The van der Waals surface area contributed by atoms with E-state index in [1.807, 2.05) is 32.0 Å². The fourth-order valence-corrected chi connectivity index (χ4v) is 2.68. The van der Waals surface area contributed by atoms with E-state index in [1.165, 1.54) is 0 Å². The quantitative estimate of drug-likeness (QED) is 0.931. The van der Waals surface area contributed by atoms with Gasteiger partial charge in [-0.1, -0.05) is 30.7 Å². The van der Waals surface area contributed by atoms with E-state index < -0.39 is 0 Å². The topological polar surface area (TPSA) is 40.5 Å². The summed E-state index contributed by atoms with van der Waals surface area (Å²) in [4.78, 5) is 13.9. The molecule has 2 rings (SSSR count). The summed E-state index contributed by atoms with van der Waals surface area (Å²) in [6, 6.07) is 5.92. The predicted octanol–water partition coefficient (Wildman–Crippen LogP) is 2.81. The number of hydrogen-bond donors (Lipinski definition) is 1. The molecule has 2 unspecified atom stereocenters. The van der Waals surface area contributed by atoms with Gasteiger partial charge in [0.25, 0.3) is 0 Å². The number of amides is 1. The molecule has 1 fully saturated rings. The monoisotopic (exact) mass is 295 g/mol. The van der Waals surface area contributed by atoms with Gasteiger partial charge in [0.05, 0.1) is 6.10 Å². The number of carbonyl (C=O) groups excluding carboxylic acids is 1. The number of aliphatic hydroxyl groups excluding tert-OH is 1. The SMILES string of the molecule is Cc1ccc(CCC(=O)N2CCC(C)C(O)C2)cc1Cl. The van der Waals surface area contributed by atoms with Crippen molar-refractivity contribution in [3.05, 3.63) is 34.3 Å². The molecule has 1 aliphatic heterocycles. The molecule has 0 radical (unpaired) electrons. The van der Waals surface area contributed by atoms with E-state index in [-0.39, 0.29) is 17.9 Å². The van der Waals surface area contributed by atoms with Crippen LogP contribution in [0.5, 0.6) is 0 Å². The van der Waals surface area contributed by atoms with Crippen molar-refractivity contribution in [2.45, 2.75) is 39.2 Å². The van der Waals surface area contributed by atoms with Crippen LogP contribution < -0.4 is 0 Å². The van der Waals surface area contributed by atoms with E-state index in [2.05, 4.69) is 0 Å². The van der Waals surface area contributed by atoms with Crippen LogP contribution in [0.1, 0.15) is 30.9 Å². The lowest BCUT2D eigenvalue weighted by Crippen LogP contribution is -2.45. The first-order chi connectivity index (χ1) is 9.47. The minimum atomic E-state index is -0.387. The molecule has 1 aromatic carbocycles. The minimum Gasteiger partial charge on any atom is -0.391 e. The van der Waals surface area contributed by atoms with Crippen LogP contribution in [0.15, 0.2) is 18.2 Å². The third-order valence-corrected chi connectivity index (χ3v) is 4.54. The van der Waals surface area contributed by atoms with Crippen LogP contribution in [-0.2, 0) is 11.2 Å². The molecule has 0 saturated carbocycles. The van der Waals surface area contributed by atoms with Crippen molar-refractivity contribution in [2.75, 3.05) is 13.1 Å². The summed E-state index contributed by atoms with van der Waals surface area (Å²) in [6.07, 6.45) is 1.66. The van der Waals surface area contributed by atoms with E-state index in [0.717, 1.165) is 29.1 Å². The molecule has 2 atom stereocenters. The van der Waals surface area contributed by atoms with Gasteiger partial charge in [-0.2, -0.15) is 0 Å². The van der Waals surface area contributed by atoms with Gasteiger partial charge < -0.3 is 10.0 Å². The fourth-order valence-electron chi connectivity index (χ4n) is 2.48. The first-order valence-electron chi connectivity index (χ1n) is 7.18. The molecule has 20 heavy (non-hydrogen) atoms. The van der Waals surface area contributed by atoms with E-state index in [9.17, 15) is 9.90 Å². The van der Waals surface area contributed by atoms with Gasteiger partial charge >= 0.3 is 0 Å². The summed E-state index contributed by atoms with van der Waals surface area (Å²) >= 11 is 6.08. The summed E-state index contributed by atoms with van der Waals surface area (Å²) in [5.41, 5.74) is 2.13. The van der Waals surface area contributed by atoms with Crippen LogP contribution in [0.25, 0.3) is 0 Å². The Morgan fingerprint density at radius 2 is 2.25 bits per heavy atom. The molecule has 1 amide bonds. The highest BCUT2D eigenvalue weighted by Gasteiger charge is 2.26. The molecule has 1 saturated heterocycles. The zero-order chi connectivity index (χ0) is 14.7. The minimum absolute atomic E-state index is 0.118. The highest BCUT2D eigenvalue weighted by Crippen LogP contribution is 2.20. The predicted molar refractivity (Wildman–Crippen MR) is 80.9 cm³/mol. The highest BCUT2D eigenvalue weighted by molar-refractivity contribution is 6.31. The second-order valence-corrected chi connectivity index (χ2v) is 6.16. The molecule has 1 aliphatic rings.